The lowest BCUT2D eigenvalue weighted by Gasteiger charge is -2.18. The van der Waals surface area contributed by atoms with Gasteiger partial charge in [0, 0.05) is 19.7 Å². The smallest absolute Gasteiger partial charge is 0.305 e. The quantitative estimate of drug-likeness (QED) is 0.868. The van der Waals surface area contributed by atoms with Crippen molar-refractivity contribution >= 4 is 23.2 Å². The van der Waals surface area contributed by atoms with Crippen LogP contribution in [0.25, 0.3) is 0 Å². The second-order valence-electron chi connectivity index (χ2n) is 4.59. The van der Waals surface area contributed by atoms with Crippen molar-refractivity contribution in [2.24, 2.45) is 0 Å². The fourth-order valence-corrected chi connectivity index (χ4v) is 3.07. The van der Waals surface area contributed by atoms with E-state index in [9.17, 15) is 9.59 Å². The minimum Gasteiger partial charge on any atom is -0.481 e. The number of thiazole rings is 1. The highest BCUT2D eigenvalue weighted by atomic mass is 32.1. The lowest BCUT2D eigenvalue weighted by molar-refractivity contribution is -0.137. The third-order valence-electron chi connectivity index (χ3n) is 3.20. The molecule has 0 aliphatic carbocycles. The Balaban J connectivity index is 2.01. The molecule has 1 atom stereocenters. The molecule has 0 bridgehead atoms. The first-order valence-electron chi connectivity index (χ1n) is 6.70. The molecule has 1 amide bonds. The molecule has 0 saturated carbocycles. The van der Waals surface area contributed by atoms with Crippen LogP contribution >= 0.6 is 11.3 Å². The predicted molar refractivity (Wildman–Crippen MR) is 73.9 cm³/mol. The summed E-state index contributed by atoms with van der Waals surface area (Å²) in [6.07, 6.45) is 3.49. The van der Waals surface area contributed by atoms with E-state index in [1.165, 1.54) is 16.2 Å². The molecule has 7 heteroatoms. The number of rotatable bonds is 6. The molecule has 20 heavy (non-hydrogen) atoms. The maximum absolute atomic E-state index is 12.3. The summed E-state index contributed by atoms with van der Waals surface area (Å²) in [7, 11) is 0. The summed E-state index contributed by atoms with van der Waals surface area (Å²) in [5, 5.41) is 9.53. The third kappa shape index (κ3) is 3.55. The zero-order valence-corrected chi connectivity index (χ0v) is 12.2. The number of carbonyl (C=O) groups excluding carboxylic acids is 1. The van der Waals surface area contributed by atoms with Gasteiger partial charge < -0.3 is 14.7 Å². The number of carboxylic acid groups (broad SMARTS) is 1. The Bertz CT molecular complexity index is 482. The van der Waals surface area contributed by atoms with Crippen LogP contribution in [0.2, 0.25) is 0 Å². The van der Waals surface area contributed by atoms with Crippen LogP contribution in [0.3, 0.4) is 0 Å². The maximum atomic E-state index is 12.3. The molecular formula is C13H18N2O4S. The number of aromatic nitrogens is 1. The zero-order chi connectivity index (χ0) is 14.5. The molecule has 1 saturated heterocycles. The average Bonchev–Trinajstić information content (AvgIpc) is 3.09. The first-order chi connectivity index (χ1) is 9.61. The minimum atomic E-state index is -0.902. The molecular weight excluding hydrogens is 280 g/mol. The van der Waals surface area contributed by atoms with E-state index >= 15 is 0 Å². The van der Waals surface area contributed by atoms with Crippen molar-refractivity contribution in [2.75, 3.05) is 19.7 Å². The van der Waals surface area contributed by atoms with Crippen LogP contribution in [0, 0.1) is 0 Å². The van der Waals surface area contributed by atoms with Gasteiger partial charge in [0.15, 0.2) is 0 Å². The molecule has 1 aromatic rings. The van der Waals surface area contributed by atoms with E-state index in [0.29, 0.717) is 11.4 Å². The van der Waals surface area contributed by atoms with Crippen molar-refractivity contribution in [3.05, 3.63) is 16.1 Å². The van der Waals surface area contributed by atoms with Gasteiger partial charge in [-0.05, 0) is 19.8 Å². The highest BCUT2D eigenvalue weighted by molar-refractivity contribution is 7.13. The molecule has 110 valence electrons. The van der Waals surface area contributed by atoms with Crippen molar-refractivity contribution in [3.8, 4) is 0 Å². The molecule has 2 heterocycles. The van der Waals surface area contributed by atoms with E-state index in [1.54, 1.807) is 6.20 Å². The SMILES string of the molecule is CCN(CCC(=O)O)C(=O)c1cnc(C2CCCO2)s1. The fourth-order valence-electron chi connectivity index (χ4n) is 2.10. The molecule has 1 aliphatic rings. The van der Waals surface area contributed by atoms with Crippen LogP contribution in [0.1, 0.15) is 47.0 Å². The number of hydrogen-bond acceptors (Lipinski definition) is 5. The van der Waals surface area contributed by atoms with Crippen molar-refractivity contribution in [2.45, 2.75) is 32.3 Å². The molecule has 2 rings (SSSR count). The van der Waals surface area contributed by atoms with Crippen molar-refractivity contribution in [1.82, 2.24) is 9.88 Å². The van der Waals surface area contributed by atoms with Gasteiger partial charge in [-0.2, -0.15) is 0 Å². The van der Waals surface area contributed by atoms with E-state index in [2.05, 4.69) is 4.98 Å². The number of carboxylic acids is 1. The van der Waals surface area contributed by atoms with Gasteiger partial charge in [-0.25, -0.2) is 4.98 Å². The van der Waals surface area contributed by atoms with E-state index in [-0.39, 0.29) is 25.0 Å². The van der Waals surface area contributed by atoms with Gasteiger partial charge in [0.25, 0.3) is 5.91 Å². The number of carbonyl (C=O) groups is 2. The van der Waals surface area contributed by atoms with Gasteiger partial charge >= 0.3 is 5.97 Å². The topological polar surface area (TPSA) is 79.7 Å². The minimum absolute atomic E-state index is 0.00986. The van der Waals surface area contributed by atoms with Gasteiger partial charge in [0.1, 0.15) is 16.0 Å². The lowest BCUT2D eigenvalue weighted by Crippen LogP contribution is -2.32. The van der Waals surface area contributed by atoms with Gasteiger partial charge in [-0.15, -0.1) is 11.3 Å². The molecule has 1 N–H and O–H groups in total. The van der Waals surface area contributed by atoms with E-state index in [4.69, 9.17) is 9.84 Å². The van der Waals surface area contributed by atoms with E-state index in [1.807, 2.05) is 6.92 Å². The largest absolute Gasteiger partial charge is 0.481 e. The van der Waals surface area contributed by atoms with Crippen LogP contribution in [0.15, 0.2) is 6.20 Å². The molecule has 6 nitrogen and oxygen atoms in total. The summed E-state index contributed by atoms with van der Waals surface area (Å²) in [5.41, 5.74) is 0. The summed E-state index contributed by atoms with van der Waals surface area (Å²) in [6, 6.07) is 0. The first-order valence-corrected chi connectivity index (χ1v) is 7.52. The fraction of sp³-hybridized carbons (Fsp3) is 0.615. The Labute approximate surface area is 121 Å². The maximum Gasteiger partial charge on any atom is 0.305 e. The summed E-state index contributed by atoms with van der Waals surface area (Å²) in [6.45, 7) is 3.28. The highest BCUT2D eigenvalue weighted by Gasteiger charge is 2.24. The van der Waals surface area contributed by atoms with Gasteiger partial charge in [0.05, 0.1) is 12.6 Å². The van der Waals surface area contributed by atoms with E-state index in [0.717, 1.165) is 24.5 Å². The predicted octanol–water partition coefficient (Wildman–Crippen LogP) is 1.93. The van der Waals surface area contributed by atoms with Crippen LogP contribution in [-0.2, 0) is 9.53 Å². The van der Waals surface area contributed by atoms with Crippen LogP contribution in [0.4, 0.5) is 0 Å². The summed E-state index contributed by atoms with van der Waals surface area (Å²) in [4.78, 5) is 29.2. The summed E-state index contributed by atoms with van der Waals surface area (Å²) >= 11 is 1.34. The van der Waals surface area contributed by atoms with Crippen molar-refractivity contribution < 1.29 is 19.4 Å². The molecule has 1 aliphatic heterocycles. The molecule has 0 radical (unpaired) electrons. The van der Waals surface area contributed by atoms with Crippen molar-refractivity contribution in [1.29, 1.82) is 0 Å². The van der Waals surface area contributed by atoms with Gasteiger partial charge in [-0.1, -0.05) is 0 Å². The standard InChI is InChI=1S/C13H18N2O4S/c1-2-15(6-5-11(16)17)13(18)10-8-14-12(20-10)9-4-3-7-19-9/h8-9H,2-7H2,1H3,(H,16,17). The zero-order valence-electron chi connectivity index (χ0n) is 11.4. The number of hydrogen-bond donors (Lipinski definition) is 1. The Morgan fingerprint density at radius 1 is 1.60 bits per heavy atom. The Kier molecular flexibility index (Phi) is 5.08. The normalized spacial score (nSPS) is 18.1. The summed E-state index contributed by atoms with van der Waals surface area (Å²) in [5.74, 6) is -1.06. The second-order valence-corrected chi connectivity index (χ2v) is 5.66. The number of amides is 1. The van der Waals surface area contributed by atoms with E-state index < -0.39 is 5.97 Å². The number of ether oxygens (including phenoxy) is 1. The van der Waals surface area contributed by atoms with Crippen molar-refractivity contribution in [3.63, 3.8) is 0 Å². The lowest BCUT2D eigenvalue weighted by atomic mass is 10.2. The molecule has 0 spiro atoms. The van der Waals surface area contributed by atoms with Crippen LogP contribution in [-0.4, -0.2) is 46.6 Å². The molecule has 1 fully saturated rings. The van der Waals surface area contributed by atoms with Crippen LogP contribution < -0.4 is 0 Å². The van der Waals surface area contributed by atoms with Gasteiger partial charge in [0.2, 0.25) is 0 Å². The first kappa shape index (κ1) is 14.9. The van der Waals surface area contributed by atoms with Crippen LogP contribution in [0.5, 0.6) is 0 Å². The van der Waals surface area contributed by atoms with Gasteiger partial charge in [-0.3, -0.25) is 9.59 Å². The Morgan fingerprint density at radius 2 is 2.40 bits per heavy atom. The average molecular weight is 298 g/mol. The Hall–Kier alpha value is -1.47. The number of nitrogens with zero attached hydrogens (tertiary/aromatic N) is 2. The second kappa shape index (κ2) is 6.81. The third-order valence-corrected chi connectivity index (χ3v) is 4.28. The molecule has 0 aromatic carbocycles. The number of aliphatic carboxylic acids is 1. The highest BCUT2D eigenvalue weighted by Crippen LogP contribution is 2.31. The summed E-state index contributed by atoms with van der Waals surface area (Å²) < 4.78 is 5.54. The Morgan fingerprint density at radius 3 is 3.00 bits per heavy atom. The molecule has 1 aromatic heterocycles. The molecule has 1 unspecified atom stereocenters. The monoisotopic (exact) mass is 298 g/mol.